The van der Waals surface area contributed by atoms with Crippen molar-refractivity contribution < 1.29 is 13.2 Å². The van der Waals surface area contributed by atoms with Crippen LogP contribution in [0.2, 0.25) is 0 Å². The van der Waals surface area contributed by atoms with E-state index in [1.54, 1.807) is 16.4 Å². The molecule has 2 rings (SSSR count). The van der Waals surface area contributed by atoms with Gasteiger partial charge in [-0.1, -0.05) is 20.3 Å². The van der Waals surface area contributed by atoms with Crippen LogP contribution in [0.5, 0.6) is 0 Å². The molecule has 0 aliphatic carbocycles. The first-order valence-electron chi connectivity index (χ1n) is 9.98. The van der Waals surface area contributed by atoms with Crippen molar-refractivity contribution in [1.29, 1.82) is 0 Å². The summed E-state index contributed by atoms with van der Waals surface area (Å²) < 4.78 is 27.6. The number of benzene rings is 1. The van der Waals surface area contributed by atoms with Crippen molar-refractivity contribution in [1.82, 2.24) is 4.31 Å². The molecule has 0 saturated carbocycles. The standard InChI is InChI=1S/C20H33N3O3S/c1-5-22(6-2)19-11-10-17(15-18(19)21-20(24)14-16(3)4)27(25,26)23-12-8-7-9-13-23/h10-11,15-16H,5-9,12-14H2,1-4H3,(H,21,24). The number of amides is 1. The number of carbonyl (C=O) groups excluding carboxylic acids is 1. The van der Waals surface area contributed by atoms with Crippen molar-refractivity contribution in [3.05, 3.63) is 18.2 Å². The second kappa shape index (κ2) is 9.55. The molecule has 7 heteroatoms. The van der Waals surface area contributed by atoms with Crippen LogP contribution in [0.1, 0.15) is 53.4 Å². The lowest BCUT2D eigenvalue weighted by molar-refractivity contribution is -0.116. The maximum absolute atomic E-state index is 13.0. The SMILES string of the molecule is CCN(CC)c1ccc(S(=O)(=O)N2CCCCC2)cc1NC(=O)CC(C)C. The quantitative estimate of drug-likeness (QED) is 0.729. The number of nitrogens with one attached hydrogen (secondary N) is 1. The summed E-state index contributed by atoms with van der Waals surface area (Å²) in [6.07, 6.45) is 3.27. The van der Waals surface area contributed by atoms with E-state index in [0.29, 0.717) is 25.2 Å². The molecule has 1 saturated heterocycles. The van der Waals surface area contributed by atoms with E-state index < -0.39 is 10.0 Å². The Balaban J connectivity index is 2.40. The van der Waals surface area contributed by atoms with Gasteiger partial charge >= 0.3 is 0 Å². The smallest absolute Gasteiger partial charge is 0.243 e. The molecule has 1 heterocycles. The van der Waals surface area contributed by atoms with Gasteiger partial charge in [-0.25, -0.2) is 8.42 Å². The van der Waals surface area contributed by atoms with Crippen LogP contribution in [0.15, 0.2) is 23.1 Å². The van der Waals surface area contributed by atoms with E-state index in [9.17, 15) is 13.2 Å². The van der Waals surface area contributed by atoms with Crippen LogP contribution in [0.4, 0.5) is 11.4 Å². The van der Waals surface area contributed by atoms with Gasteiger partial charge in [0, 0.05) is 32.6 Å². The first-order valence-corrected chi connectivity index (χ1v) is 11.4. The van der Waals surface area contributed by atoms with Crippen LogP contribution < -0.4 is 10.2 Å². The Morgan fingerprint density at radius 1 is 1.15 bits per heavy atom. The van der Waals surface area contributed by atoms with Gasteiger partial charge in [-0.15, -0.1) is 0 Å². The molecule has 0 bridgehead atoms. The minimum Gasteiger partial charge on any atom is -0.370 e. The molecule has 6 nitrogen and oxygen atoms in total. The Morgan fingerprint density at radius 2 is 1.78 bits per heavy atom. The second-order valence-electron chi connectivity index (χ2n) is 7.46. The Hall–Kier alpha value is -1.60. The predicted molar refractivity (Wildman–Crippen MR) is 111 cm³/mol. The molecule has 27 heavy (non-hydrogen) atoms. The first-order chi connectivity index (χ1) is 12.8. The summed E-state index contributed by atoms with van der Waals surface area (Å²) in [6, 6.07) is 5.10. The molecule has 1 N–H and O–H groups in total. The molecule has 0 unspecified atom stereocenters. The fraction of sp³-hybridized carbons (Fsp3) is 0.650. The molecule has 1 aromatic carbocycles. The highest BCUT2D eigenvalue weighted by molar-refractivity contribution is 7.89. The second-order valence-corrected chi connectivity index (χ2v) is 9.40. The number of rotatable bonds is 8. The number of anilines is 2. The highest BCUT2D eigenvalue weighted by atomic mass is 32.2. The Kier molecular flexibility index (Phi) is 7.68. The Labute approximate surface area is 164 Å². The van der Waals surface area contributed by atoms with E-state index in [0.717, 1.165) is 38.0 Å². The van der Waals surface area contributed by atoms with Crippen LogP contribution in [0.3, 0.4) is 0 Å². The third-order valence-corrected chi connectivity index (χ3v) is 6.79. The van der Waals surface area contributed by atoms with E-state index in [-0.39, 0.29) is 16.7 Å². The molecule has 152 valence electrons. The molecular weight excluding hydrogens is 362 g/mol. The summed E-state index contributed by atoms with van der Waals surface area (Å²) in [7, 11) is -3.54. The van der Waals surface area contributed by atoms with Gasteiger partial charge < -0.3 is 10.2 Å². The summed E-state index contributed by atoms with van der Waals surface area (Å²) in [5.41, 5.74) is 1.43. The zero-order valence-electron chi connectivity index (χ0n) is 17.0. The summed E-state index contributed by atoms with van der Waals surface area (Å²) in [5, 5.41) is 2.94. The van der Waals surface area contributed by atoms with E-state index in [2.05, 4.69) is 10.2 Å². The van der Waals surface area contributed by atoms with Crippen LogP contribution in [-0.2, 0) is 14.8 Å². The third-order valence-electron chi connectivity index (χ3n) is 4.89. The molecule has 1 aromatic rings. The van der Waals surface area contributed by atoms with E-state index in [1.165, 1.54) is 0 Å². The summed E-state index contributed by atoms with van der Waals surface area (Å²) in [5.74, 6) is 0.146. The van der Waals surface area contributed by atoms with Crippen LogP contribution >= 0.6 is 0 Å². The van der Waals surface area contributed by atoms with Gasteiger partial charge in [-0.2, -0.15) is 4.31 Å². The lowest BCUT2D eigenvalue weighted by Gasteiger charge is -2.28. The van der Waals surface area contributed by atoms with Gasteiger partial charge in [0.1, 0.15) is 0 Å². The Morgan fingerprint density at radius 3 is 2.33 bits per heavy atom. The summed E-state index contributed by atoms with van der Waals surface area (Å²) >= 11 is 0. The maximum Gasteiger partial charge on any atom is 0.243 e. The fourth-order valence-corrected chi connectivity index (χ4v) is 4.99. The van der Waals surface area contributed by atoms with Crippen LogP contribution in [0, 0.1) is 5.92 Å². The van der Waals surface area contributed by atoms with Gasteiger partial charge in [0.2, 0.25) is 15.9 Å². The van der Waals surface area contributed by atoms with Gasteiger partial charge in [0.25, 0.3) is 0 Å². The molecule has 1 fully saturated rings. The van der Waals surface area contributed by atoms with Crippen molar-refractivity contribution >= 4 is 27.3 Å². The monoisotopic (exact) mass is 395 g/mol. The minimum atomic E-state index is -3.54. The van der Waals surface area contributed by atoms with Crippen molar-refractivity contribution in [3.63, 3.8) is 0 Å². The number of hydrogen-bond acceptors (Lipinski definition) is 4. The summed E-state index contributed by atoms with van der Waals surface area (Å²) in [6.45, 7) is 10.8. The zero-order valence-corrected chi connectivity index (χ0v) is 17.8. The van der Waals surface area contributed by atoms with Crippen molar-refractivity contribution in [2.45, 2.75) is 58.3 Å². The lowest BCUT2D eigenvalue weighted by atomic mass is 10.1. The van der Waals surface area contributed by atoms with Crippen LogP contribution in [0.25, 0.3) is 0 Å². The average molecular weight is 396 g/mol. The number of hydrogen-bond donors (Lipinski definition) is 1. The van der Waals surface area contributed by atoms with Crippen molar-refractivity contribution in [2.24, 2.45) is 5.92 Å². The van der Waals surface area contributed by atoms with Gasteiger partial charge in [0.15, 0.2) is 0 Å². The Bertz CT molecular complexity index is 737. The molecular formula is C20H33N3O3S. The minimum absolute atomic E-state index is 0.0917. The largest absolute Gasteiger partial charge is 0.370 e. The molecule has 0 aromatic heterocycles. The molecule has 0 radical (unpaired) electrons. The van der Waals surface area contributed by atoms with Gasteiger partial charge in [-0.3, -0.25) is 4.79 Å². The lowest BCUT2D eigenvalue weighted by Crippen LogP contribution is -2.35. The number of piperidine rings is 1. The van der Waals surface area contributed by atoms with Crippen LogP contribution in [-0.4, -0.2) is 44.8 Å². The molecule has 1 aliphatic heterocycles. The average Bonchev–Trinajstić information content (AvgIpc) is 2.63. The number of nitrogens with zero attached hydrogens (tertiary/aromatic N) is 2. The highest BCUT2D eigenvalue weighted by Crippen LogP contribution is 2.31. The zero-order chi connectivity index (χ0) is 20.0. The van der Waals surface area contributed by atoms with Gasteiger partial charge in [-0.05, 0) is 50.8 Å². The third kappa shape index (κ3) is 5.45. The number of carbonyl (C=O) groups is 1. The number of sulfonamides is 1. The van der Waals surface area contributed by atoms with E-state index in [4.69, 9.17) is 0 Å². The predicted octanol–water partition coefficient (Wildman–Crippen LogP) is 3.69. The normalized spacial score (nSPS) is 15.7. The molecule has 0 atom stereocenters. The van der Waals surface area contributed by atoms with E-state index >= 15 is 0 Å². The molecule has 0 spiro atoms. The fourth-order valence-electron chi connectivity index (χ4n) is 3.44. The highest BCUT2D eigenvalue weighted by Gasteiger charge is 2.27. The van der Waals surface area contributed by atoms with E-state index in [1.807, 2.05) is 33.8 Å². The van der Waals surface area contributed by atoms with Gasteiger partial charge in [0.05, 0.1) is 16.3 Å². The van der Waals surface area contributed by atoms with Crippen molar-refractivity contribution in [3.8, 4) is 0 Å². The first kappa shape index (κ1) is 21.7. The molecule has 1 amide bonds. The topological polar surface area (TPSA) is 69.7 Å². The summed E-state index contributed by atoms with van der Waals surface area (Å²) in [4.78, 5) is 14.7. The molecule has 1 aliphatic rings. The maximum atomic E-state index is 13.0. The van der Waals surface area contributed by atoms with Crippen molar-refractivity contribution in [2.75, 3.05) is 36.4 Å².